The van der Waals surface area contributed by atoms with E-state index in [2.05, 4.69) is 32.1 Å². The van der Waals surface area contributed by atoms with Gasteiger partial charge in [-0.1, -0.05) is 11.3 Å². The lowest BCUT2D eigenvalue weighted by Crippen LogP contribution is -2.41. The first-order valence-electron chi connectivity index (χ1n) is 8.54. The molecular weight excluding hydrogens is 360 g/mol. The van der Waals surface area contributed by atoms with Gasteiger partial charge < -0.3 is 5.32 Å². The van der Waals surface area contributed by atoms with E-state index in [-0.39, 0.29) is 11.0 Å². The summed E-state index contributed by atoms with van der Waals surface area (Å²) in [6, 6.07) is 0.325. The minimum Gasteiger partial charge on any atom is -0.302 e. The van der Waals surface area contributed by atoms with E-state index in [1.807, 2.05) is 0 Å². The number of carbonyl (C=O) groups excluding carboxylic acids is 1. The van der Waals surface area contributed by atoms with Crippen LogP contribution in [-0.2, 0) is 17.8 Å². The van der Waals surface area contributed by atoms with Crippen LogP contribution in [0.1, 0.15) is 37.4 Å². The van der Waals surface area contributed by atoms with E-state index in [1.54, 1.807) is 0 Å². The summed E-state index contributed by atoms with van der Waals surface area (Å²) < 4.78 is 27.0. The number of piperidine rings is 1. The van der Waals surface area contributed by atoms with E-state index in [0.29, 0.717) is 35.6 Å². The Labute approximate surface area is 154 Å². The molecule has 2 aromatic rings. The second-order valence-electron chi connectivity index (χ2n) is 6.66. The molecule has 26 heavy (non-hydrogen) atoms. The van der Waals surface area contributed by atoms with Crippen molar-refractivity contribution in [1.29, 1.82) is 0 Å². The van der Waals surface area contributed by atoms with E-state index in [1.165, 1.54) is 19.3 Å². The highest BCUT2D eigenvalue weighted by Crippen LogP contribution is 2.29. The highest BCUT2D eigenvalue weighted by Gasteiger charge is 2.28. The Morgan fingerprint density at radius 2 is 2.08 bits per heavy atom. The van der Waals surface area contributed by atoms with Gasteiger partial charge in [0.1, 0.15) is 5.82 Å². The van der Waals surface area contributed by atoms with Crippen molar-refractivity contribution < 1.29 is 13.6 Å². The maximum atomic E-state index is 14.1. The Kier molecular flexibility index (Phi) is 5.87. The molecule has 9 heteroatoms. The molecule has 0 aromatic carbocycles. The molecule has 0 radical (unpaired) electrons. The zero-order chi connectivity index (χ0) is 18.7. The van der Waals surface area contributed by atoms with Crippen molar-refractivity contribution in [3.05, 3.63) is 34.9 Å². The summed E-state index contributed by atoms with van der Waals surface area (Å²) >= 11 is 1.16. The van der Waals surface area contributed by atoms with Crippen LogP contribution in [0.3, 0.4) is 0 Å². The molecule has 1 fully saturated rings. The second kappa shape index (κ2) is 8.13. The van der Waals surface area contributed by atoms with Crippen molar-refractivity contribution in [1.82, 2.24) is 19.9 Å². The fraction of sp³-hybridized carbons (Fsp3) is 0.529. The third kappa shape index (κ3) is 4.79. The minimum atomic E-state index is -0.532. The van der Waals surface area contributed by atoms with Crippen LogP contribution in [0.15, 0.2) is 12.4 Å². The summed E-state index contributed by atoms with van der Waals surface area (Å²) in [6.07, 6.45) is 5.06. The van der Waals surface area contributed by atoms with E-state index < -0.39 is 11.8 Å². The van der Waals surface area contributed by atoms with Crippen molar-refractivity contribution >= 4 is 22.4 Å². The first-order chi connectivity index (χ1) is 12.4. The number of halogens is 2. The maximum Gasteiger partial charge on any atom is 0.230 e. The predicted molar refractivity (Wildman–Crippen MR) is 94.7 cm³/mol. The van der Waals surface area contributed by atoms with Gasteiger partial charge in [-0.25, -0.2) is 14.4 Å². The molecule has 6 nitrogen and oxygen atoms in total. The van der Waals surface area contributed by atoms with Gasteiger partial charge >= 0.3 is 0 Å². The summed E-state index contributed by atoms with van der Waals surface area (Å²) in [5, 5.41) is 2.81. The largest absolute Gasteiger partial charge is 0.302 e. The van der Waals surface area contributed by atoms with Crippen LogP contribution in [0, 0.1) is 17.7 Å². The van der Waals surface area contributed by atoms with Gasteiger partial charge in [-0.2, -0.15) is 9.37 Å². The molecule has 140 valence electrons. The van der Waals surface area contributed by atoms with Gasteiger partial charge in [-0.3, -0.25) is 9.69 Å². The molecule has 1 amide bonds. The molecule has 0 bridgehead atoms. The van der Waals surface area contributed by atoms with E-state index >= 15 is 0 Å². The van der Waals surface area contributed by atoms with Crippen molar-refractivity contribution in [3.63, 3.8) is 0 Å². The molecule has 2 aromatic heterocycles. The summed E-state index contributed by atoms with van der Waals surface area (Å²) in [5.74, 6) is -0.278. The Morgan fingerprint density at radius 1 is 1.35 bits per heavy atom. The number of likely N-dealkylation sites (tertiary alicyclic amines) is 1. The van der Waals surface area contributed by atoms with Crippen LogP contribution in [0.5, 0.6) is 0 Å². The monoisotopic (exact) mass is 381 g/mol. The van der Waals surface area contributed by atoms with Crippen LogP contribution >= 0.6 is 11.3 Å². The number of nitrogens with one attached hydrogen (secondary N) is 1. The molecule has 2 atom stereocenters. The number of thiazole rings is 1. The van der Waals surface area contributed by atoms with Crippen LogP contribution < -0.4 is 5.32 Å². The van der Waals surface area contributed by atoms with Gasteiger partial charge in [-0.05, 0) is 25.7 Å². The number of anilines is 1. The average molecular weight is 381 g/mol. The van der Waals surface area contributed by atoms with E-state index in [9.17, 15) is 13.6 Å². The number of nitrogens with zero attached hydrogens (tertiary/aromatic N) is 4. The summed E-state index contributed by atoms with van der Waals surface area (Å²) in [5.41, 5.74) is 0. The molecular formula is C17H21F2N5OS. The summed E-state index contributed by atoms with van der Waals surface area (Å²) in [6.45, 7) is 4.73. The molecule has 1 aliphatic rings. The lowest BCUT2D eigenvalue weighted by atomic mass is 9.90. The summed E-state index contributed by atoms with van der Waals surface area (Å²) in [4.78, 5) is 25.7. The second-order valence-corrected chi connectivity index (χ2v) is 7.74. The van der Waals surface area contributed by atoms with Gasteiger partial charge in [0, 0.05) is 32.5 Å². The molecule has 0 saturated carbocycles. The smallest absolute Gasteiger partial charge is 0.230 e. The molecule has 1 saturated heterocycles. The van der Waals surface area contributed by atoms with Crippen LogP contribution in [-0.4, -0.2) is 38.3 Å². The number of rotatable bonds is 5. The van der Waals surface area contributed by atoms with Gasteiger partial charge in [0.2, 0.25) is 11.9 Å². The standard InChI is InChI=1S/C17H21F2N5OS/c1-10-3-4-12(5-15-20-6-13(18)7-21-15)8-24(10)9-14-16(19)23-17(26-14)22-11(2)25/h6-7,10,12H,3-5,8-9H2,1-2H3,(H,22,23,25)/t10-,12+/m0/s1. The average Bonchev–Trinajstić information content (AvgIpc) is 2.91. The lowest BCUT2D eigenvalue weighted by Gasteiger charge is -2.37. The molecule has 0 spiro atoms. The van der Waals surface area contributed by atoms with Gasteiger partial charge in [-0.15, -0.1) is 0 Å². The number of amides is 1. The number of hydrogen-bond acceptors (Lipinski definition) is 6. The Morgan fingerprint density at radius 3 is 2.77 bits per heavy atom. The first kappa shape index (κ1) is 18.8. The maximum absolute atomic E-state index is 14.1. The van der Waals surface area contributed by atoms with E-state index in [0.717, 1.165) is 30.7 Å². The van der Waals surface area contributed by atoms with Crippen LogP contribution in [0.4, 0.5) is 13.9 Å². The SMILES string of the molecule is CC(=O)Nc1nc(F)c(CN2C[C@@H](Cc3ncc(F)cn3)CC[C@@H]2C)s1. The number of hydrogen-bond donors (Lipinski definition) is 1. The van der Waals surface area contributed by atoms with Gasteiger partial charge in [0.05, 0.1) is 17.3 Å². The van der Waals surface area contributed by atoms with Gasteiger partial charge in [0.15, 0.2) is 10.9 Å². The quantitative estimate of drug-likeness (QED) is 0.862. The molecule has 3 heterocycles. The fourth-order valence-corrected chi connectivity index (χ4v) is 4.09. The third-order valence-corrected chi connectivity index (χ3v) is 5.46. The zero-order valence-corrected chi connectivity index (χ0v) is 15.5. The predicted octanol–water partition coefficient (Wildman–Crippen LogP) is 3.01. The van der Waals surface area contributed by atoms with Crippen LogP contribution in [0.2, 0.25) is 0 Å². The highest BCUT2D eigenvalue weighted by molar-refractivity contribution is 7.15. The first-order valence-corrected chi connectivity index (χ1v) is 9.35. The van der Waals surface area contributed by atoms with Crippen LogP contribution in [0.25, 0.3) is 0 Å². The van der Waals surface area contributed by atoms with Crippen molar-refractivity contribution in [2.24, 2.45) is 5.92 Å². The Balaban J connectivity index is 1.64. The zero-order valence-electron chi connectivity index (χ0n) is 14.7. The normalized spacial score (nSPS) is 20.9. The summed E-state index contributed by atoms with van der Waals surface area (Å²) in [7, 11) is 0. The lowest BCUT2D eigenvalue weighted by molar-refractivity contribution is -0.114. The Hall–Kier alpha value is -2.00. The molecule has 3 rings (SSSR count). The number of aromatic nitrogens is 3. The molecule has 1 N–H and O–H groups in total. The molecule has 1 aliphatic heterocycles. The number of carbonyl (C=O) groups is 1. The molecule has 0 aliphatic carbocycles. The van der Waals surface area contributed by atoms with Crippen molar-refractivity contribution in [2.45, 2.75) is 45.7 Å². The Bertz CT molecular complexity index is 767. The highest BCUT2D eigenvalue weighted by atomic mass is 32.1. The minimum absolute atomic E-state index is 0.268. The fourth-order valence-electron chi connectivity index (χ4n) is 3.17. The van der Waals surface area contributed by atoms with Crippen molar-refractivity contribution in [2.75, 3.05) is 11.9 Å². The third-order valence-electron chi connectivity index (χ3n) is 4.53. The van der Waals surface area contributed by atoms with E-state index in [4.69, 9.17) is 0 Å². The van der Waals surface area contributed by atoms with Crippen molar-refractivity contribution in [3.8, 4) is 0 Å². The topological polar surface area (TPSA) is 71.0 Å². The molecule has 0 unspecified atom stereocenters. The van der Waals surface area contributed by atoms with Gasteiger partial charge in [0.25, 0.3) is 0 Å².